The Labute approximate surface area is 100 Å². The summed E-state index contributed by atoms with van der Waals surface area (Å²) < 4.78 is 9.83. The van der Waals surface area contributed by atoms with Gasteiger partial charge in [-0.25, -0.2) is 4.79 Å². The molecule has 1 aromatic carbocycles. The van der Waals surface area contributed by atoms with Gasteiger partial charge in [-0.3, -0.25) is 0 Å². The van der Waals surface area contributed by atoms with Gasteiger partial charge in [0, 0.05) is 11.3 Å². The summed E-state index contributed by atoms with van der Waals surface area (Å²) in [6.45, 7) is 0. The number of methoxy groups -OCH3 is 2. The van der Waals surface area contributed by atoms with E-state index in [0.29, 0.717) is 17.1 Å². The highest BCUT2D eigenvalue weighted by Gasteiger charge is 2.08. The third-order valence-corrected chi connectivity index (χ3v) is 2.27. The lowest BCUT2D eigenvalue weighted by molar-refractivity contribution is 0.0600. The number of carbonyl (C=O) groups excluding carboxylic acids is 1. The van der Waals surface area contributed by atoms with E-state index in [2.05, 4.69) is 17.4 Å². The van der Waals surface area contributed by atoms with E-state index in [-0.39, 0.29) is 5.97 Å². The van der Waals surface area contributed by atoms with Crippen LogP contribution in [0.3, 0.4) is 0 Å². The predicted octanol–water partition coefficient (Wildman–Crippen LogP) is 2.42. The first-order valence-corrected chi connectivity index (χ1v) is 5.40. The van der Waals surface area contributed by atoms with Crippen LogP contribution in [0.5, 0.6) is 5.75 Å². The van der Waals surface area contributed by atoms with Crippen LogP contribution in [0.1, 0.15) is 15.9 Å². The molecule has 0 bridgehead atoms. The van der Waals surface area contributed by atoms with E-state index in [1.165, 1.54) is 7.11 Å². The van der Waals surface area contributed by atoms with Gasteiger partial charge in [-0.2, -0.15) is 12.6 Å². The van der Waals surface area contributed by atoms with Gasteiger partial charge in [0.25, 0.3) is 0 Å². The minimum absolute atomic E-state index is 0.372. The van der Waals surface area contributed by atoms with Crippen molar-refractivity contribution < 1.29 is 14.3 Å². The highest BCUT2D eigenvalue weighted by Crippen LogP contribution is 2.22. The second-order valence-corrected chi connectivity index (χ2v) is 3.40. The molecular formula is C12H14O3S. The van der Waals surface area contributed by atoms with E-state index in [9.17, 15) is 4.79 Å². The minimum atomic E-state index is -0.372. The summed E-state index contributed by atoms with van der Waals surface area (Å²) in [4.78, 5) is 11.3. The smallest absolute Gasteiger partial charge is 0.337 e. The van der Waals surface area contributed by atoms with E-state index in [1.807, 2.05) is 18.2 Å². The molecule has 0 heterocycles. The number of hydrogen-bond donors (Lipinski definition) is 1. The molecule has 16 heavy (non-hydrogen) atoms. The molecule has 0 saturated carbocycles. The quantitative estimate of drug-likeness (QED) is 0.646. The SMILES string of the molecule is COC(=O)c1ccc(C=CCS)c(OC)c1. The summed E-state index contributed by atoms with van der Waals surface area (Å²) in [6, 6.07) is 5.17. The Morgan fingerprint density at radius 2 is 2.19 bits per heavy atom. The van der Waals surface area contributed by atoms with Crippen molar-refractivity contribution >= 4 is 24.7 Å². The van der Waals surface area contributed by atoms with Crippen LogP contribution >= 0.6 is 12.6 Å². The number of carbonyl (C=O) groups is 1. The zero-order chi connectivity index (χ0) is 12.0. The Morgan fingerprint density at radius 1 is 1.44 bits per heavy atom. The van der Waals surface area contributed by atoms with Crippen molar-refractivity contribution in [1.29, 1.82) is 0 Å². The molecule has 3 nitrogen and oxygen atoms in total. The molecule has 0 aliphatic carbocycles. The molecule has 0 atom stereocenters. The van der Waals surface area contributed by atoms with Crippen molar-refractivity contribution in [3.05, 3.63) is 35.4 Å². The second kappa shape index (κ2) is 6.23. The van der Waals surface area contributed by atoms with E-state index in [1.54, 1.807) is 19.2 Å². The average molecular weight is 238 g/mol. The van der Waals surface area contributed by atoms with E-state index in [4.69, 9.17) is 4.74 Å². The van der Waals surface area contributed by atoms with Gasteiger partial charge in [-0.05, 0) is 12.1 Å². The summed E-state index contributed by atoms with van der Waals surface area (Å²) in [5.41, 5.74) is 1.38. The van der Waals surface area contributed by atoms with Gasteiger partial charge < -0.3 is 9.47 Å². The summed E-state index contributed by atoms with van der Waals surface area (Å²) in [5.74, 6) is 0.922. The van der Waals surface area contributed by atoms with Crippen molar-refractivity contribution in [3.8, 4) is 5.75 Å². The summed E-state index contributed by atoms with van der Waals surface area (Å²) in [7, 11) is 2.91. The Morgan fingerprint density at radius 3 is 2.75 bits per heavy atom. The normalized spacial score (nSPS) is 10.4. The minimum Gasteiger partial charge on any atom is -0.496 e. The fourth-order valence-corrected chi connectivity index (χ4v) is 1.38. The standard InChI is InChI=1S/C12H14O3S/c1-14-11-8-10(12(13)15-2)6-5-9(11)4-3-7-16/h3-6,8,16H,7H2,1-2H3. The third-order valence-electron chi connectivity index (χ3n) is 2.06. The number of rotatable bonds is 4. The van der Waals surface area contributed by atoms with Crippen LogP contribution in [-0.2, 0) is 4.74 Å². The molecular weight excluding hydrogens is 224 g/mol. The monoisotopic (exact) mass is 238 g/mol. The molecule has 1 rings (SSSR count). The number of thiol groups is 1. The largest absolute Gasteiger partial charge is 0.496 e. The molecule has 0 amide bonds. The fourth-order valence-electron chi connectivity index (χ4n) is 1.27. The first-order valence-electron chi connectivity index (χ1n) is 4.76. The van der Waals surface area contributed by atoms with Crippen molar-refractivity contribution in [3.63, 3.8) is 0 Å². The van der Waals surface area contributed by atoms with Crippen LogP contribution in [-0.4, -0.2) is 25.9 Å². The van der Waals surface area contributed by atoms with E-state index < -0.39 is 0 Å². The third kappa shape index (κ3) is 3.03. The lowest BCUT2D eigenvalue weighted by atomic mass is 10.1. The molecule has 1 aromatic rings. The Kier molecular flexibility index (Phi) is 4.92. The average Bonchev–Trinajstić information content (AvgIpc) is 2.35. The number of benzene rings is 1. The zero-order valence-corrected chi connectivity index (χ0v) is 10.2. The highest BCUT2D eigenvalue weighted by atomic mass is 32.1. The molecule has 4 heteroatoms. The van der Waals surface area contributed by atoms with Crippen molar-refractivity contribution in [2.45, 2.75) is 0 Å². The number of hydrogen-bond acceptors (Lipinski definition) is 4. The molecule has 0 saturated heterocycles. The van der Waals surface area contributed by atoms with Gasteiger partial charge in [-0.15, -0.1) is 0 Å². The van der Waals surface area contributed by atoms with Gasteiger partial charge in [-0.1, -0.05) is 18.2 Å². The molecule has 0 aliphatic rings. The molecule has 86 valence electrons. The molecule has 0 radical (unpaired) electrons. The molecule has 0 spiro atoms. The van der Waals surface area contributed by atoms with Gasteiger partial charge in [0.1, 0.15) is 5.75 Å². The second-order valence-electron chi connectivity index (χ2n) is 3.03. The first kappa shape index (κ1) is 12.6. The van der Waals surface area contributed by atoms with Crippen LogP contribution in [0.4, 0.5) is 0 Å². The maximum Gasteiger partial charge on any atom is 0.337 e. The van der Waals surface area contributed by atoms with Gasteiger partial charge in [0.2, 0.25) is 0 Å². The fraction of sp³-hybridized carbons (Fsp3) is 0.250. The number of esters is 1. The topological polar surface area (TPSA) is 35.5 Å². The van der Waals surface area contributed by atoms with Crippen LogP contribution < -0.4 is 4.74 Å². The molecule has 0 aliphatic heterocycles. The maximum absolute atomic E-state index is 11.3. The highest BCUT2D eigenvalue weighted by molar-refractivity contribution is 7.80. The van der Waals surface area contributed by atoms with Crippen LogP contribution in [0.15, 0.2) is 24.3 Å². The maximum atomic E-state index is 11.3. The molecule has 0 fully saturated rings. The van der Waals surface area contributed by atoms with Gasteiger partial charge >= 0.3 is 5.97 Å². The molecule has 0 aromatic heterocycles. The van der Waals surface area contributed by atoms with Gasteiger partial charge in [0.15, 0.2) is 0 Å². The van der Waals surface area contributed by atoms with Crippen LogP contribution in [0.25, 0.3) is 6.08 Å². The van der Waals surface area contributed by atoms with Crippen molar-refractivity contribution in [1.82, 2.24) is 0 Å². The Balaban J connectivity index is 3.06. The Hall–Kier alpha value is -1.42. The van der Waals surface area contributed by atoms with E-state index in [0.717, 1.165) is 5.56 Å². The van der Waals surface area contributed by atoms with Crippen LogP contribution in [0, 0.1) is 0 Å². The summed E-state index contributed by atoms with van der Waals surface area (Å²) >= 11 is 4.08. The predicted molar refractivity (Wildman–Crippen MR) is 67.2 cm³/mol. The lowest BCUT2D eigenvalue weighted by Crippen LogP contribution is -2.01. The van der Waals surface area contributed by atoms with Gasteiger partial charge in [0.05, 0.1) is 19.8 Å². The number of ether oxygens (including phenoxy) is 2. The molecule has 0 unspecified atom stereocenters. The first-order chi connectivity index (χ1) is 7.72. The Bertz CT molecular complexity index is 399. The molecule has 0 N–H and O–H groups in total. The van der Waals surface area contributed by atoms with Crippen LogP contribution in [0.2, 0.25) is 0 Å². The summed E-state index contributed by atoms with van der Waals surface area (Å²) in [5, 5.41) is 0. The zero-order valence-electron chi connectivity index (χ0n) is 9.27. The lowest BCUT2D eigenvalue weighted by Gasteiger charge is -2.06. The van der Waals surface area contributed by atoms with Crippen molar-refractivity contribution in [2.24, 2.45) is 0 Å². The van der Waals surface area contributed by atoms with Crippen molar-refractivity contribution in [2.75, 3.05) is 20.0 Å². The van der Waals surface area contributed by atoms with E-state index >= 15 is 0 Å². The summed E-state index contributed by atoms with van der Waals surface area (Å²) in [6.07, 6.45) is 3.80.